The van der Waals surface area contributed by atoms with Crippen molar-refractivity contribution in [3.05, 3.63) is 40.3 Å². The molecule has 0 saturated carbocycles. The molecule has 0 aromatic heterocycles. The van der Waals surface area contributed by atoms with Gasteiger partial charge in [0.25, 0.3) is 0 Å². The molecule has 0 spiro atoms. The maximum Gasteiger partial charge on any atom is 0.305 e. The number of nitrogens with two attached hydrogens (primary N) is 2. The van der Waals surface area contributed by atoms with E-state index in [0.29, 0.717) is 6.42 Å². The van der Waals surface area contributed by atoms with Gasteiger partial charge >= 0.3 is 5.97 Å². The van der Waals surface area contributed by atoms with Crippen LogP contribution in [-0.2, 0) is 34.2 Å². The number of amides is 1. The number of rotatable bonds is 18. The van der Waals surface area contributed by atoms with E-state index in [1.54, 1.807) is 32.9 Å². The molecule has 0 fully saturated rings. The second-order valence-electron chi connectivity index (χ2n) is 10.1. The minimum absolute atomic E-state index is 0.0316. The van der Waals surface area contributed by atoms with Crippen LogP contribution in [0.15, 0.2) is 44.6 Å². The number of sulfone groups is 1. The van der Waals surface area contributed by atoms with Gasteiger partial charge in [-0.2, -0.15) is 0 Å². The number of aliphatic carboxylic acids is 1. The Morgan fingerprint density at radius 1 is 1.10 bits per heavy atom. The number of benzene rings is 1. The van der Waals surface area contributed by atoms with E-state index in [1.807, 2.05) is 0 Å². The number of carboxylic acids is 1. The summed E-state index contributed by atoms with van der Waals surface area (Å²) in [6.07, 6.45) is 1.44. The van der Waals surface area contributed by atoms with Crippen molar-refractivity contribution in [2.45, 2.75) is 69.9 Å². The molecule has 7 N–H and O–H groups in total. The Kier molecular flexibility index (Phi) is 14.6. The molecule has 236 valence electrons. The van der Waals surface area contributed by atoms with E-state index in [2.05, 4.69) is 15.0 Å². The van der Waals surface area contributed by atoms with Crippen LogP contribution in [0.25, 0.3) is 0 Å². The maximum atomic E-state index is 13.5. The summed E-state index contributed by atoms with van der Waals surface area (Å²) in [6, 6.07) is 3.54. The first-order valence-electron chi connectivity index (χ1n) is 13.1. The number of hydrogen-bond acceptors (Lipinski definition) is 8. The fourth-order valence-electron chi connectivity index (χ4n) is 3.87. The van der Waals surface area contributed by atoms with E-state index in [9.17, 15) is 36.3 Å². The molecule has 0 aliphatic heterocycles. The van der Waals surface area contributed by atoms with E-state index < -0.39 is 66.3 Å². The molecule has 4 atom stereocenters. The van der Waals surface area contributed by atoms with Crippen LogP contribution in [0, 0.1) is 18.8 Å². The van der Waals surface area contributed by atoms with Crippen LogP contribution in [0.3, 0.4) is 0 Å². The minimum atomic E-state index is -4.12. The van der Waals surface area contributed by atoms with Gasteiger partial charge in [0.05, 0.1) is 23.4 Å². The van der Waals surface area contributed by atoms with Crippen molar-refractivity contribution in [3.63, 3.8) is 0 Å². The Morgan fingerprint density at radius 2 is 1.69 bits per heavy atom. The number of nitrogens with one attached hydrogen (secondary N) is 2. The molecule has 1 aromatic carbocycles. The monoisotopic (exact) mass is 649 g/mol. The van der Waals surface area contributed by atoms with E-state index in [-0.39, 0.29) is 42.6 Å². The molecule has 1 amide bonds. The average Bonchev–Trinajstić information content (AvgIpc) is 2.87. The third-order valence-corrected chi connectivity index (χ3v) is 9.76. The zero-order valence-corrected chi connectivity index (χ0v) is 26.4. The summed E-state index contributed by atoms with van der Waals surface area (Å²) in [4.78, 5) is 42.1. The summed E-state index contributed by atoms with van der Waals surface area (Å²) in [5.74, 6) is -4.14. The number of carbonyl (C=O) groups excluding carboxylic acids is 2. The van der Waals surface area contributed by atoms with Gasteiger partial charge in [0.1, 0.15) is 4.36 Å². The Bertz CT molecular complexity index is 1380. The highest BCUT2D eigenvalue weighted by molar-refractivity contribution is 7.96. The number of hydrogen-bond donors (Lipinski definition) is 5. The van der Waals surface area contributed by atoms with Crippen molar-refractivity contribution in [2.75, 3.05) is 12.8 Å². The summed E-state index contributed by atoms with van der Waals surface area (Å²) >= 11 is 5.80. The van der Waals surface area contributed by atoms with Gasteiger partial charge in [-0.15, -0.1) is 0 Å². The van der Waals surface area contributed by atoms with Gasteiger partial charge in [0.2, 0.25) is 15.9 Å². The predicted molar refractivity (Wildman–Crippen MR) is 161 cm³/mol. The van der Waals surface area contributed by atoms with Gasteiger partial charge in [0.15, 0.2) is 21.6 Å². The van der Waals surface area contributed by atoms with E-state index in [1.165, 1.54) is 12.1 Å². The molecule has 0 saturated heterocycles. The van der Waals surface area contributed by atoms with Crippen LogP contribution < -0.4 is 21.5 Å². The maximum absolute atomic E-state index is 13.5. The molecule has 0 heterocycles. The van der Waals surface area contributed by atoms with E-state index in [4.69, 9.17) is 23.1 Å². The average molecular weight is 650 g/mol. The molecular formula is C26H40ClN5O8S2. The lowest BCUT2D eigenvalue weighted by Crippen LogP contribution is -2.45. The van der Waals surface area contributed by atoms with Gasteiger partial charge in [-0.25, -0.2) is 21.6 Å². The lowest BCUT2D eigenvalue weighted by molar-refractivity contribution is -0.138. The quantitative estimate of drug-likeness (QED) is 0.0872. The number of sulfonamides is 1. The van der Waals surface area contributed by atoms with Crippen LogP contribution >= 0.6 is 11.6 Å². The number of carboxylic acid groups (broad SMARTS) is 1. The molecule has 1 aromatic rings. The number of aryl methyl sites for hydroxylation is 1. The highest BCUT2D eigenvalue weighted by atomic mass is 35.5. The first-order valence-corrected chi connectivity index (χ1v) is 16.9. The Labute approximate surface area is 252 Å². The van der Waals surface area contributed by atoms with Crippen LogP contribution in [0.5, 0.6) is 0 Å². The van der Waals surface area contributed by atoms with Crippen molar-refractivity contribution in [1.29, 1.82) is 0 Å². The van der Waals surface area contributed by atoms with Crippen LogP contribution in [0.1, 0.15) is 51.5 Å². The van der Waals surface area contributed by atoms with Gasteiger partial charge in [-0.05, 0) is 43.9 Å². The molecule has 0 aliphatic carbocycles. The number of nitrogens with zero attached hydrogens (tertiary/aromatic N) is 1. The van der Waals surface area contributed by atoms with Crippen molar-refractivity contribution < 1.29 is 36.3 Å². The van der Waals surface area contributed by atoms with Gasteiger partial charge in [-0.3, -0.25) is 19.4 Å². The molecular weight excluding hydrogens is 610 g/mol. The number of guanidine groups is 1. The topological polar surface area (TPSA) is 228 Å². The standard InChI is InChI=1S/C26H40ClN5O8S2/c1-5-17(3)20(25(36)31-18(14-24(34)35)13-23(27)41(4,37)38)15-22(33)21(7-6-12-30-26(28)29)32-42(39,40)19-10-8-16(2)9-11-19/h8-11,13,17-18,20-21,32H,5-7,12,14-15H2,1-4H3,(H,31,36)(H,34,35)(H4,28,29,30)/b23-13+/t17?,18-,20+,21+/m1/s1. The summed E-state index contributed by atoms with van der Waals surface area (Å²) in [7, 11) is -7.98. The Morgan fingerprint density at radius 3 is 2.19 bits per heavy atom. The van der Waals surface area contributed by atoms with E-state index >= 15 is 0 Å². The molecule has 1 rings (SSSR count). The van der Waals surface area contributed by atoms with Crippen molar-refractivity contribution in [3.8, 4) is 0 Å². The second-order valence-corrected chi connectivity index (χ2v) is 14.4. The third-order valence-electron chi connectivity index (χ3n) is 6.46. The van der Waals surface area contributed by atoms with Crippen molar-refractivity contribution in [1.82, 2.24) is 10.0 Å². The zero-order valence-electron chi connectivity index (χ0n) is 24.0. The number of halogens is 1. The summed E-state index contributed by atoms with van der Waals surface area (Å²) in [5, 5.41) is 11.7. The summed E-state index contributed by atoms with van der Waals surface area (Å²) in [5.41, 5.74) is 11.5. The normalized spacial score (nSPS) is 15.2. The highest BCUT2D eigenvalue weighted by Gasteiger charge is 2.33. The van der Waals surface area contributed by atoms with Gasteiger partial charge in [0, 0.05) is 25.1 Å². The minimum Gasteiger partial charge on any atom is -0.481 e. The summed E-state index contributed by atoms with van der Waals surface area (Å²) in [6.45, 7) is 5.44. The lowest BCUT2D eigenvalue weighted by atomic mass is 9.84. The number of aliphatic imine (C=N–C) groups is 1. The smallest absolute Gasteiger partial charge is 0.305 e. The Hall–Kier alpha value is -3.01. The fraction of sp³-hybridized carbons (Fsp3) is 0.538. The largest absolute Gasteiger partial charge is 0.481 e. The van der Waals surface area contributed by atoms with Gasteiger partial charge in [-0.1, -0.05) is 49.6 Å². The third kappa shape index (κ3) is 12.9. The molecule has 16 heteroatoms. The first-order chi connectivity index (χ1) is 19.4. The number of carbonyl (C=O) groups is 3. The zero-order chi connectivity index (χ0) is 32.3. The molecule has 13 nitrogen and oxygen atoms in total. The molecule has 0 aliphatic rings. The number of Topliss-reactive ketones (excluding diaryl/α,β-unsaturated/α-hetero) is 1. The molecule has 42 heavy (non-hydrogen) atoms. The number of ketones is 1. The molecule has 0 radical (unpaired) electrons. The van der Waals surface area contributed by atoms with Crippen LogP contribution in [-0.4, -0.2) is 70.4 Å². The molecule has 1 unspecified atom stereocenters. The van der Waals surface area contributed by atoms with Crippen molar-refractivity contribution >= 4 is 55.1 Å². The van der Waals surface area contributed by atoms with E-state index in [0.717, 1.165) is 17.9 Å². The van der Waals surface area contributed by atoms with Crippen molar-refractivity contribution in [2.24, 2.45) is 28.3 Å². The summed E-state index contributed by atoms with van der Waals surface area (Å²) < 4.78 is 51.5. The Balaban J connectivity index is 3.31. The lowest BCUT2D eigenvalue weighted by Gasteiger charge is -2.26. The fourth-order valence-corrected chi connectivity index (χ4v) is 5.69. The van der Waals surface area contributed by atoms with Crippen LogP contribution in [0.4, 0.5) is 0 Å². The highest BCUT2D eigenvalue weighted by Crippen LogP contribution is 2.23. The first kappa shape index (κ1) is 37.0. The predicted octanol–water partition coefficient (Wildman–Crippen LogP) is 1.40. The van der Waals surface area contributed by atoms with Crippen LogP contribution in [0.2, 0.25) is 0 Å². The SMILES string of the molecule is CCC(C)[C@H](CC(=O)[C@H](CCCN=C(N)N)NS(=O)(=O)c1ccc(C)cc1)C(=O)N[C@H](/C=C(\Cl)S(C)(=O)=O)CC(=O)O. The second kappa shape index (κ2) is 16.6. The van der Waals surface area contributed by atoms with Gasteiger partial charge < -0.3 is 21.9 Å². The molecule has 0 bridgehead atoms.